The lowest BCUT2D eigenvalue weighted by atomic mass is 9.86. The fraction of sp³-hybridized carbons (Fsp3) is 0.688. The van der Waals surface area contributed by atoms with Gasteiger partial charge in [-0.15, -0.1) is 0 Å². The maximum atomic E-state index is 11.9. The molecule has 2 rings (SSSR count). The van der Waals surface area contributed by atoms with Gasteiger partial charge in [-0.05, 0) is 46.0 Å². The number of nitrogens with one attached hydrogen (secondary N) is 1. The van der Waals surface area contributed by atoms with Crippen LogP contribution in [0.1, 0.15) is 46.5 Å². The molecule has 0 bridgehead atoms. The van der Waals surface area contributed by atoms with Gasteiger partial charge in [0.05, 0.1) is 6.61 Å². The van der Waals surface area contributed by atoms with E-state index < -0.39 is 5.60 Å². The number of nitrogens with zero attached hydrogens (tertiary/aromatic N) is 2. The van der Waals surface area contributed by atoms with Crippen LogP contribution in [0, 0.1) is 5.92 Å². The Kier molecular flexibility index (Phi) is 6.52. The molecule has 0 aromatic carbocycles. The SMILES string of the molecule is CC(C)(C)OC(=O)N[C@@H]1CCC[C@H](COc2c(Cl)ncnc2Cl)C1. The molecule has 0 unspecified atom stereocenters. The van der Waals surface area contributed by atoms with Crippen LogP contribution in [0.3, 0.4) is 0 Å². The second-order valence-electron chi connectivity index (χ2n) is 6.97. The summed E-state index contributed by atoms with van der Waals surface area (Å²) in [6.45, 7) is 6.00. The number of rotatable bonds is 4. The zero-order chi connectivity index (χ0) is 17.7. The molecule has 24 heavy (non-hydrogen) atoms. The Balaban J connectivity index is 1.84. The largest absolute Gasteiger partial charge is 0.487 e. The van der Waals surface area contributed by atoms with Gasteiger partial charge in [-0.1, -0.05) is 29.6 Å². The summed E-state index contributed by atoms with van der Waals surface area (Å²) in [6.07, 6.45) is 4.71. The number of alkyl carbamates (subject to hydrolysis) is 1. The second kappa shape index (κ2) is 8.21. The Bertz CT molecular complexity index is 558. The van der Waals surface area contributed by atoms with Gasteiger partial charge in [0.25, 0.3) is 0 Å². The van der Waals surface area contributed by atoms with E-state index >= 15 is 0 Å². The minimum atomic E-state index is -0.498. The van der Waals surface area contributed by atoms with Crippen molar-refractivity contribution in [3.63, 3.8) is 0 Å². The summed E-state index contributed by atoms with van der Waals surface area (Å²) in [5.41, 5.74) is -0.498. The number of hydrogen-bond donors (Lipinski definition) is 1. The van der Waals surface area contributed by atoms with E-state index in [-0.39, 0.29) is 22.4 Å². The molecule has 1 amide bonds. The van der Waals surface area contributed by atoms with Crippen molar-refractivity contribution in [2.24, 2.45) is 5.92 Å². The quantitative estimate of drug-likeness (QED) is 0.796. The summed E-state index contributed by atoms with van der Waals surface area (Å²) in [7, 11) is 0. The third-order valence-corrected chi connectivity index (χ3v) is 4.22. The van der Waals surface area contributed by atoms with Crippen LogP contribution < -0.4 is 10.1 Å². The summed E-state index contributed by atoms with van der Waals surface area (Å²) in [4.78, 5) is 19.6. The zero-order valence-corrected chi connectivity index (χ0v) is 15.7. The van der Waals surface area contributed by atoms with E-state index in [2.05, 4.69) is 15.3 Å². The van der Waals surface area contributed by atoms with Crippen molar-refractivity contribution in [2.45, 2.75) is 58.1 Å². The van der Waals surface area contributed by atoms with E-state index in [1.54, 1.807) is 0 Å². The summed E-state index contributed by atoms with van der Waals surface area (Å²) in [5, 5.41) is 3.34. The Morgan fingerprint density at radius 1 is 1.29 bits per heavy atom. The minimum absolute atomic E-state index is 0.0835. The topological polar surface area (TPSA) is 73.3 Å². The van der Waals surface area contributed by atoms with Gasteiger partial charge < -0.3 is 14.8 Å². The van der Waals surface area contributed by atoms with Gasteiger partial charge in [0.15, 0.2) is 16.1 Å². The first kappa shape index (κ1) is 19.1. The van der Waals surface area contributed by atoms with Crippen molar-refractivity contribution in [1.29, 1.82) is 0 Å². The molecule has 1 aliphatic carbocycles. The van der Waals surface area contributed by atoms with Crippen LogP contribution in [0.15, 0.2) is 6.33 Å². The first-order valence-corrected chi connectivity index (χ1v) is 8.78. The summed E-state index contributed by atoms with van der Waals surface area (Å²) >= 11 is 11.9. The zero-order valence-electron chi connectivity index (χ0n) is 14.1. The third-order valence-electron chi connectivity index (χ3n) is 3.68. The molecule has 6 nitrogen and oxygen atoms in total. The van der Waals surface area contributed by atoms with E-state index in [0.29, 0.717) is 18.3 Å². The Morgan fingerprint density at radius 2 is 1.96 bits per heavy atom. The van der Waals surface area contributed by atoms with E-state index in [1.165, 1.54) is 6.33 Å². The molecule has 1 aliphatic rings. The molecular weight excluding hydrogens is 353 g/mol. The highest BCUT2D eigenvalue weighted by Gasteiger charge is 2.26. The van der Waals surface area contributed by atoms with E-state index in [9.17, 15) is 4.79 Å². The van der Waals surface area contributed by atoms with E-state index in [0.717, 1.165) is 25.7 Å². The number of halogens is 2. The molecule has 1 heterocycles. The fourth-order valence-corrected chi connectivity index (χ4v) is 3.12. The molecule has 1 aromatic rings. The van der Waals surface area contributed by atoms with Crippen molar-refractivity contribution in [1.82, 2.24) is 15.3 Å². The molecule has 0 radical (unpaired) electrons. The average Bonchev–Trinajstić information content (AvgIpc) is 2.45. The lowest BCUT2D eigenvalue weighted by molar-refractivity contribution is 0.0478. The van der Waals surface area contributed by atoms with Crippen LogP contribution in [0.5, 0.6) is 5.75 Å². The second-order valence-corrected chi connectivity index (χ2v) is 7.69. The highest BCUT2D eigenvalue weighted by molar-refractivity contribution is 6.35. The maximum absolute atomic E-state index is 11.9. The highest BCUT2D eigenvalue weighted by atomic mass is 35.5. The van der Waals surface area contributed by atoms with Crippen LogP contribution in [-0.2, 0) is 4.74 Å². The van der Waals surface area contributed by atoms with Crippen molar-refractivity contribution in [2.75, 3.05) is 6.61 Å². The van der Waals surface area contributed by atoms with Gasteiger partial charge in [0.1, 0.15) is 11.9 Å². The minimum Gasteiger partial charge on any atom is -0.487 e. The fourth-order valence-electron chi connectivity index (χ4n) is 2.70. The van der Waals surface area contributed by atoms with Gasteiger partial charge in [-0.25, -0.2) is 14.8 Å². The molecule has 1 aromatic heterocycles. The Labute approximate surface area is 152 Å². The van der Waals surface area contributed by atoms with Gasteiger partial charge >= 0.3 is 6.09 Å². The molecule has 0 saturated heterocycles. The lowest BCUT2D eigenvalue weighted by Crippen LogP contribution is -2.42. The van der Waals surface area contributed by atoms with Gasteiger partial charge in [-0.3, -0.25) is 0 Å². The first-order chi connectivity index (χ1) is 11.2. The first-order valence-electron chi connectivity index (χ1n) is 8.03. The molecule has 1 N–H and O–H groups in total. The standard InChI is InChI=1S/C16H23Cl2N3O3/c1-16(2,3)24-15(22)21-11-6-4-5-10(7-11)8-23-12-13(17)19-9-20-14(12)18/h9-11H,4-8H2,1-3H3,(H,21,22)/t10-,11+/m0/s1. The number of carbonyl (C=O) groups is 1. The summed E-state index contributed by atoms with van der Waals surface area (Å²) in [5.74, 6) is 0.606. The maximum Gasteiger partial charge on any atom is 0.407 e. The predicted molar refractivity (Wildman–Crippen MR) is 92.7 cm³/mol. The lowest BCUT2D eigenvalue weighted by Gasteiger charge is -2.30. The molecule has 2 atom stereocenters. The predicted octanol–water partition coefficient (Wildman–Crippen LogP) is 4.25. The van der Waals surface area contributed by atoms with Crippen LogP contribution in [0.25, 0.3) is 0 Å². The normalized spacial score (nSPS) is 21.2. The molecular formula is C16H23Cl2N3O3. The molecule has 1 fully saturated rings. The molecule has 8 heteroatoms. The number of carbonyl (C=O) groups excluding carboxylic acids is 1. The number of ether oxygens (including phenoxy) is 2. The van der Waals surface area contributed by atoms with Crippen molar-refractivity contribution >= 4 is 29.3 Å². The highest BCUT2D eigenvalue weighted by Crippen LogP contribution is 2.31. The van der Waals surface area contributed by atoms with Crippen LogP contribution in [-0.4, -0.2) is 34.3 Å². The Morgan fingerprint density at radius 3 is 2.58 bits per heavy atom. The van der Waals surface area contributed by atoms with Crippen LogP contribution >= 0.6 is 23.2 Å². The number of hydrogen-bond acceptors (Lipinski definition) is 5. The third kappa shape index (κ3) is 5.98. The van der Waals surface area contributed by atoms with Crippen LogP contribution in [0.4, 0.5) is 4.79 Å². The molecule has 134 valence electrons. The summed E-state index contributed by atoms with van der Waals surface area (Å²) < 4.78 is 11.0. The number of aromatic nitrogens is 2. The number of amides is 1. The van der Waals surface area contributed by atoms with Gasteiger partial charge in [0.2, 0.25) is 0 Å². The molecule has 0 aliphatic heterocycles. The van der Waals surface area contributed by atoms with E-state index in [4.69, 9.17) is 32.7 Å². The molecule has 1 saturated carbocycles. The van der Waals surface area contributed by atoms with Crippen molar-refractivity contribution in [3.05, 3.63) is 16.6 Å². The van der Waals surface area contributed by atoms with Gasteiger partial charge in [0, 0.05) is 6.04 Å². The van der Waals surface area contributed by atoms with E-state index in [1.807, 2.05) is 20.8 Å². The van der Waals surface area contributed by atoms with Crippen molar-refractivity contribution < 1.29 is 14.3 Å². The smallest absolute Gasteiger partial charge is 0.407 e. The average molecular weight is 376 g/mol. The molecule has 0 spiro atoms. The van der Waals surface area contributed by atoms with Crippen molar-refractivity contribution in [3.8, 4) is 5.75 Å². The van der Waals surface area contributed by atoms with Crippen LogP contribution in [0.2, 0.25) is 10.3 Å². The monoisotopic (exact) mass is 375 g/mol. The van der Waals surface area contributed by atoms with Gasteiger partial charge in [-0.2, -0.15) is 0 Å². The Hall–Kier alpha value is -1.27. The summed E-state index contributed by atoms with van der Waals surface area (Å²) in [6, 6.07) is 0.0835.